The van der Waals surface area contributed by atoms with Gasteiger partial charge in [-0.1, -0.05) is 23.9 Å². The minimum Gasteiger partial charge on any atom is -0.363 e. The Kier molecular flexibility index (Phi) is 2.71. The Bertz CT molecular complexity index is 211. The van der Waals surface area contributed by atoms with Gasteiger partial charge in [0.15, 0.2) is 5.17 Å². The minimum absolute atomic E-state index is 0.670. The molecule has 1 N–H and O–H groups in total. The summed E-state index contributed by atoms with van der Waals surface area (Å²) in [7, 11) is 0. The molecule has 1 aliphatic carbocycles. The first-order valence-electron chi connectivity index (χ1n) is 4.57. The summed E-state index contributed by atoms with van der Waals surface area (Å²) in [5.41, 5.74) is 0. The van der Waals surface area contributed by atoms with Crippen molar-refractivity contribution >= 4 is 16.9 Å². The number of allylic oxidation sites excluding steroid dienone is 1. The molecule has 0 fully saturated rings. The summed E-state index contributed by atoms with van der Waals surface area (Å²) < 4.78 is 0. The summed E-state index contributed by atoms with van der Waals surface area (Å²) in [4.78, 5) is 4.36. The van der Waals surface area contributed by atoms with Gasteiger partial charge in [-0.2, -0.15) is 0 Å². The third-order valence-electron chi connectivity index (χ3n) is 2.12. The first kappa shape index (κ1) is 8.17. The lowest BCUT2D eigenvalue weighted by Crippen LogP contribution is -2.18. The number of nitrogens with one attached hydrogen (secondary N) is 1. The van der Waals surface area contributed by atoms with Gasteiger partial charge in [-0.3, -0.25) is 4.99 Å². The van der Waals surface area contributed by atoms with Crippen LogP contribution in [0.3, 0.4) is 0 Å². The number of rotatable bonds is 1. The molecular weight excluding hydrogens is 168 g/mol. The minimum atomic E-state index is 0.670. The van der Waals surface area contributed by atoms with E-state index < -0.39 is 0 Å². The zero-order valence-electron chi connectivity index (χ0n) is 7.12. The Morgan fingerprint density at radius 2 is 2.58 bits per heavy atom. The van der Waals surface area contributed by atoms with Crippen LogP contribution in [-0.4, -0.2) is 23.5 Å². The maximum absolute atomic E-state index is 4.36. The van der Waals surface area contributed by atoms with Crippen LogP contribution in [0.4, 0.5) is 0 Å². The first-order valence-corrected chi connectivity index (χ1v) is 5.45. The van der Waals surface area contributed by atoms with Crippen molar-refractivity contribution < 1.29 is 0 Å². The highest BCUT2D eigenvalue weighted by Crippen LogP contribution is 2.24. The molecular formula is C9H14N2S. The van der Waals surface area contributed by atoms with E-state index in [1.807, 2.05) is 11.8 Å². The van der Waals surface area contributed by atoms with E-state index in [0.29, 0.717) is 5.25 Å². The second-order valence-corrected chi connectivity index (χ2v) is 4.36. The number of amidine groups is 1. The average Bonchev–Trinajstić information content (AvgIpc) is 2.59. The Morgan fingerprint density at radius 1 is 1.58 bits per heavy atom. The molecule has 2 nitrogen and oxygen atoms in total. The molecule has 66 valence electrons. The van der Waals surface area contributed by atoms with E-state index in [-0.39, 0.29) is 0 Å². The third-order valence-corrected chi connectivity index (χ3v) is 3.31. The fourth-order valence-electron chi connectivity index (χ4n) is 1.48. The van der Waals surface area contributed by atoms with E-state index >= 15 is 0 Å². The van der Waals surface area contributed by atoms with Crippen LogP contribution < -0.4 is 5.32 Å². The monoisotopic (exact) mass is 182 g/mol. The van der Waals surface area contributed by atoms with Crippen LogP contribution in [0, 0.1) is 0 Å². The number of thioether (sulfide) groups is 1. The summed E-state index contributed by atoms with van der Waals surface area (Å²) in [6.45, 7) is 1.98. The van der Waals surface area contributed by atoms with E-state index in [9.17, 15) is 0 Å². The maximum Gasteiger partial charge on any atom is 0.157 e. The van der Waals surface area contributed by atoms with Crippen molar-refractivity contribution in [2.45, 2.75) is 24.5 Å². The smallest absolute Gasteiger partial charge is 0.157 e. The van der Waals surface area contributed by atoms with Crippen LogP contribution in [0.2, 0.25) is 0 Å². The molecule has 0 radical (unpaired) electrons. The SMILES string of the molecule is C1=CC(SC2=NCCN2)CCC1. The molecule has 1 atom stereocenters. The van der Waals surface area contributed by atoms with E-state index in [2.05, 4.69) is 22.5 Å². The number of aliphatic imine (C=N–C) groups is 1. The van der Waals surface area contributed by atoms with Gasteiger partial charge in [0.25, 0.3) is 0 Å². The Labute approximate surface area is 77.5 Å². The lowest BCUT2D eigenvalue weighted by atomic mass is 10.1. The van der Waals surface area contributed by atoms with E-state index in [1.54, 1.807) is 0 Å². The summed E-state index contributed by atoms with van der Waals surface area (Å²) in [6.07, 6.45) is 8.51. The zero-order valence-corrected chi connectivity index (χ0v) is 7.94. The fourth-order valence-corrected chi connectivity index (χ4v) is 2.59. The summed E-state index contributed by atoms with van der Waals surface area (Å²) in [6, 6.07) is 0. The molecule has 1 unspecified atom stereocenters. The van der Waals surface area contributed by atoms with Crippen LogP contribution in [0.15, 0.2) is 17.1 Å². The van der Waals surface area contributed by atoms with Crippen molar-refractivity contribution in [3.63, 3.8) is 0 Å². The molecule has 0 saturated heterocycles. The predicted molar refractivity (Wildman–Crippen MR) is 54.7 cm³/mol. The van der Waals surface area contributed by atoms with Gasteiger partial charge in [0.2, 0.25) is 0 Å². The molecule has 3 heteroatoms. The van der Waals surface area contributed by atoms with Gasteiger partial charge in [0, 0.05) is 11.8 Å². The lowest BCUT2D eigenvalue weighted by molar-refractivity contribution is 0.742. The molecule has 0 aromatic rings. The molecule has 0 saturated carbocycles. The van der Waals surface area contributed by atoms with Crippen molar-refractivity contribution in [1.82, 2.24) is 5.32 Å². The normalized spacial score (nSPS) is 28.3. The number of hydrogen-bond acceptors (Lipinski definition) is 3. The second kappa shape index (κ2) is 3.99. The second-order valence-electron chi connectivity index (χ2n) is 3.13. The van der Waals surface area contributed by atoms with Crippen molar-refractivity contribution in [3.8, 4) is 0 Å². The van der Waals surface area contributed by atoms with Gasteiger partial charge in [-0.05, 0) is 19.3 Å². The van der Waals surface area contributed by atoms with Crippen molar-refractivity contribution in [2.24, 2.45) is 4.99 Å². The third kappa shape index (κ3) is 2.03. The number of hydrogen-bond donors (Lipinski definition) is 1. The molecule has 12 heavy (non-hydrogen) atoms. The van der Waals surface area contributed by atoms with E-state index in [0.717, 1.165) is 18.3 Å². The standard InChI is InChI=1S/C9H14N2S/c1-2-4-8(5-3-1)12-9-10-6-7-11-9/h2,4,8H,1,3,5-7H2,(H,10,11). The first-order chi connectivity index (χ1) is 5.95. The quantitative estimate of drug-likeness (QED) is 0.625. The Hall–Kier alpha value is -0.440. The van der Waals surface area contributed by atoms with Crippen molar-refractivity contribution in [2.75, 3.05) is 13.1 Å². The zero-order chi connectivity index (χ0) is 8.23. The van der Waals surface area contributed by atoms with Gasteiger partial charge in [0.05, 0.1) is 6.54 Å². The highest BCUT2D eigenvalue weighted by atomic mass is 32.2. The van der Waals surface area contributed by atoms with Crippen LogP contribution in [-0.2, 0) is 0 Å². The molecule has 0 bridgehead atoms. The van der Waals surface area contributed by atoms with Crippen molar-refractivity contribution in [3.05, 3.63) is 12.2 Å². The summed E-state index contributed by atoms with van der Waals surface area (Å²) in [5.74, 6) is 0. The lowest BCUT2D eigenvalue weighted by Gasteiger charge is -2.15. The summed E-state index contributed by atoms with van der Waals surface area (Å²) >= 11 is 1.88. The Morgan fingerprint density at radius 3 is 3.25 bits per heavy atom. The summed E-state index contributed by atoms with van der Waals surface area (Å²) in [5, 5.41) is 5.10. The number of nitrogens with zero attached hydrogens (tertiary/aromatic N) is 1. The van der Waals surface area contributed by atoms with Crippen LogP contribution in [0.25, 0.3) is 0 Å². The van der Waals surface area contributed by atoms with E-state index in [1.165, 1.54) is 19.3 Å². The molecule has 2 rings (SSSR count). The highest BCUT2D eigenvalue weighted by Gasteiger charge is 2.13. The molecule has 2 aliphatic rings. The van der Waals surface area contributed by atoms with Crippen molar-refractivity contribution in [1.29, 1.82) is 0 Å². The van der Waals surface area contributed by atoms with Gasteiger partial charge in [0.1, 0.15) is 0 Å². The van der Waals surface area contributed by atoms with Gasteiger partial charge in [-0.25, -0.2) is 0 Å². The maximum atomic E-state index is 4.36. The van der Waals surface area contributed by atoms with Crippen LogP contribution in [0.5, 0.6) is 0 Å². The molecule has 1 heterocycles. The molecule has 1 aliphatic heterocycles. The Balaban J connectivity index is 1.85. The average molecular weight is 182 g/mol. The largest absolute Gasteiger partial charge is 0.363 e. The molecule has 0 amide bonds. The van der Waals surface area contributed by atoms with Gasteiger partial charge >= 0.3 is 0 Å². The predicted octanol–water partition coefficient (Wildman–Crippen LogP) is 1.79. The fraction of sp³-hybridized carbons (Fsp3) is 0.667. The molecule has 0 spiro atoms. The van der Waals surface area contributed by atoms with Gasteiger partial charge < -0.3 is 5.32 Å². The van der Waals surface area contributed by atoms with Crippen LogP contribution in [0.1, 0.15) is 19.3 Å². The molecule has 0 aromatic heterocycles. The topological polar surface area (TPSA) is 24.4 Å². The highest BCUT2D eigenvalue weighted by molar-refractivity contribution is 8.14. The van der Waals surface area contributed by atoms with Gasteiger partial charge in [-0.15, -0.1) is 0 Å². The molecule has 0 aromatic carbocycles. The van der Waals surface area contributed by atoms with E-state index in [4.69, 9.17) is 0 Å². The van der Waals surface area contributed by atoms with Crippen LogP contribution >= 0.6 is 11.8 Å².